The summed E-state index contributed by atoms with van der Waals surface area (Å²) in [5, 5.41) is 14.2. The first-order chi connectivity index (χ1) is 11.8. The quantitative estimate of drug-likeness (QED) is 0.719. The minimum atomic E-state index is 0.391. The molecule has 2 N–H and O–H groups in total. The molecule has 0 spiro atoms. The standard InChI is InChI=1S/C17H17N5O2/c1-23-14-8-6-12(7-9-14)19-16-11-18-22-17(21-16)20-13-4-3-5-15(10-13)24-2/h3-11H,1-2H3,(H2,19,20,21,22). The molecule has 24 heavy (non-hydrogen) atoms. The summed E-state index contributed by atoms with van der Waals surface area (Å²) in [5.41, 5.74) is 1.70. The summed E-state index contributed by atoms with van der Waals surface area (Å²) in [7, 11) is 3.25. The van der Waals surface area contributed by atoms with Crippen molar-refractivity contribution < 1.29 is 9.47 Å². The van der Waals surface area contributed by atoms with Gasteiger partial charge in [0.05, 0.1) is 20.4 Å². The molecule has 1 aromatic heterocycles. The highest BCUT2D eigenvalue weighted by Crippen LogP contribution is 2.21. The van der Waals surface area contributed by atoms with E-state index in [9.17, 15) is 0 Å². The number of benzene rings is 2. The number of anilines is 4. The number of aromatic nitrogens is 3. The molecule has 0 amide bonds. The summed E-state index contributed by atoms with van der Waals surface area (Å²) in [6.07, 6.45) is 1.56. The van der Waals surface area contributed by atoms with E-state index in [0.29, 0.717) is 11.8 Å². The first-order valence-corrected chi connectivity index (χ1v) is 7.29. The zero-order valence-corrected chi connectivity index (χ0v) is 13.4. The molecule has 2 aromatic carbocycles. The van der Waals surface area contributed by atoms with Gasteiger partial charge in [-0.1, -0.05) is 6.07 Å². The van der Waals surface area contributed by atoms with Crippen LogP contribution in [-0.2, 0) is 0 Å². The van der Waals surface area contributed by atoms with Crippen molar-refractivity contribution in [1.29, 1.82) is 0 Å². The third-order valence-corrected chi connectivity index (χ3v) is 3.25. The Labute approximate surface area is 139 Å². The summed E-state index contributed by atoms with van der Waals surface area (Å²) < 4.78 is 10.3. The Bertz CT molecular complexity index is 808. The van der Waals surface area contributed by atoms with Crippen LogP contribution in [0.25, 0.3) is 0 Å². The van der Waals surface area contributed by atoms with Crippen LogP contribution < -0.4 is 20.1 Å². The summed E-state index contributed by atoms with van der Waals surface area (Å²) in [6.45, 7) is 0. The van der Waals surface area contributed by atoms with E-state index < -0.39 is 0 Å². The molecule has 3 rings (SSSR count). The van der Waals surface area contributed by atoms with Crippen molar-refractivity contribution in [3.63, 3.8) is 0 Å². The van der Waals surface area contributed by atoms with E-state index in [1.807, 2.05) is 48.5 Å². The van der Waals surface area contributed by atoms with Crippen molar-refractivity contribution in [2.75, 3.05) is 24.9 Å². The molecule has 0 unspecified atom stereocenters. The minimum Gasteiger partial charge on any atom is -0.497 e. The van der Waals surface area contributed by atoms with E-state index in [4.69, 9.17) is 9.47 Å². The van der Waals surface area contributed by atoms with Gasteiger partial charge in [-0.25, -0.2) is 0 Å². The zero-order chi connectivity index (χ0) is 16.8. The van der Waals surface area contributed by atoms with Crippen LogP contribution in [0.3, 0.4) is 0 Å². The Morgan fingerprint density at radius 2 is 1.62 bits per heavy atom. The molecule has 3 aromatic rings. The molecule has 0 saturated heterocycles. The second kappa shape index (κ2) is 7.28. The molecule has 7 nitrogen and oxygen atoms in total. The number of nitrogens with zero attached hydrogens (tertiary/aromatic N) is 3. The third-order valence-electron chi connectivity index (χ3n) is 3.25. The lowest BCUT2D eigenvalue weighted by Crippen LogP contribution is -2.02. The average Bonchev–Trinajstić information content (AvgIpc) is 2.63. The molecule has 0 saturated carbocycles. The Balaban J connectivity index is 1.73. The molecule has 1 heterocycles. The minimum absolute atomic E-state index is 0.391. The van der Waals surface area contributed by atoms with Crippen molar-refractivity contribution in [2.45, 2.75) is 0 Å². The summed E-state index contributed by atoms with van der Waals surface area (Å²) in [5.74, 6) is 2.52. The van der Waals surface area contributed by atoms with E-state index >= 15 is 0 Å². The predicted octanol–water partition coefficient (Wildman–Crippen LogP) is 3.38. The van der Waals surface area contributed by atoms with Crippen molar-refractivity contribution in [1.82, 2.24) is 15.2 Å². The van der Waals surface area contributed by atoms with E-state index in [0.717, 1.165) is 22.9 Å². The molecule has 0 atom stereocenters. The van der Waals surface area contributed by atoms with Gasteiger partial charge in [0, 0.05) is 17.4 Å². The Kier molecular flexibility index (Phi) is 4.71. The number of hydrogen-bond acceptors (Lipinski definition) is 7. The van der Waals surface area contributed by atoms with Gasteiger partial charge >= 0.3 is 0 Å². The lowest BCUT2D eigenvalue weighted by atomic mass is 10.3. The van der Waals surface area contributed by atoms with Crippen LogP contribution >= 0.6 is 0 Å². The lowest BCUT2D eigenvalue weighted by molar-refractivity contribution is 0.415. The highest BCUT2D eigenvalue weighted by molar-refractivity contribution is 5.60. The van der Waals surface area contributed by atoms with Gasteiger partial charge in [-0.15, -0.1) is 5.10 Å². The maximum absolute atomic E-state index is 5.20. The van der Waals surface area contributed by atoms with Gasteiger partial charge in [0.2, 0.25) is 5.95 Å². The van der Waals surface area contributed by atoms with Crippen LogP contribution in [0.1, 0.15) is 0 Å². The molecule has 122 valence electrons. The van der Waals surface area contributed by atoms with Crippen LogP contribution in [0, 0.1) is 0 Å². The van der Waals surface area contributed by atoms with Crippen molar-refractivity contribution in [3.8, 4) is 11.5 Å². The van der Waals surface area contributed by atoms with E-state index in [1.165, 1.54) is 0 Å². The van der Waals surface area contributed by atoms with E-state index in [-0.39, 0.29) is 0 Å². The van der Waals surface area contributed by atoms with Crippen LogP contribution in [0.2, 0.25) is 0 Å². The average molecular weight is 323 g/mol. The highest BCUT2D eigenvalue weighted by Gasteiger charge is 2.03. The fourth-order valence-corrected chi connectivity index (χ4v) is 2.07. The first kappa shape index (κ1) is 15.5. The maximum Gasteiger partial charge on any atom is 0.249 e. The molecule has 0 aliphatic carbocycles. The van der Waals surface area contributed by atoms with Gasteiger partial charge in [-0.3, -0.25) is 0 Å². The highest BCUT2D eigenvalue weighted by atomic mass is 16.5. The van der Waals surface area contributed by atoms with Gasteiger partial charge in [0.25, 0.3) is 0 Å². The van der Waals surface area contributed by atoms with Crippen LogP contribution in [0.5, 0.6) is 11.5 Å². The van der Waals surface area contributed by atoms with Gasteiger partial charge in [-0.05, 0) is 36.4 Å². The van der Waals surface area contributed by atoms with Gasteiger partial charge in [0.1, 0.15) is 11.5 Å². The van der Waals surface area contributed by atoms with E-state index in [2.05, 4.69) is 25.8 Å². The van der Waals surface area contributed by atoms with Crippen LogP contribution in [-0.4, -0.2) is 29.4 Å². The number of ether oxygens (including phenoxy) is 2. The molecule has 0 radical (unpaired) electrons. The molecular formula is C17H17N5O2. The van der Waals surface area contributed by atoms with Gasteiger partial charge in [0.15, 0.2) is 5.82 Å². The fraction of sp³-hybridized carbons (Fsp3) is 0.118. The predicted molar refractivity (Wildman–Crippen MR) is 92.4 cm³/mol. The topological polar surface area (TPSA) is 81.2 Å². The Morgan fingerprint density at radius 1 is 0.833 bits per heavy atom. The normalized spacial score (nSPS) is 10.1. The summed E-state index contributed by atoms with van der Waals surface area (Å²) in [6, 6.07) is 15.0. The monoisotopic (exact) mass is 323 g/mol. The number of methoxy groups -OCH3 is 2. The van der Waals surface area contributed by atoms with Crippen LogP contribution in [0.4, 0.5) is 23.1 Å². The van der Waals surface area contributed by atoms with Gasteiger partial charge in [-0.2, -0.15) is 10.1 Å². The Morgan fingerprint density at radius 3 is 2.38 bits per heavy atom. The van der Waals surface area contributed by atoms with Crippen molar-refractivity contribution in [2.24, 2.45) is 0 Å². The maximum atomic E-state index is 5.20. The smallest absolute Gasteiger partial charge is 0.249 e. The van der Waals surface area contributed by atoms with Crippen molar-refractivity contribution in [3.05, 3.63) is 54.7 Å². The van der Waals surface area contributed by atoms with Crippen molar-refractivity contribution >= 4 is 23.1 Å². The summed E-state index contributed by atoms with van der Waals surface area (Å²) in [4.78, 5) is 4.39. The SMILES string of the molecule is COc1ccc(Nc2cnnc(Nc3cccc(OC)c3)n2)cc1. The molecule has 0 aliphatic heterocycles. The second-order valence-electron chi connectivity index (χ2n) is 4.88. The molecule has 0 bridgehead atoms. The van der Waals surface area contributed by atoms with Crippen LogP contribution in [0.15, 0.2) is 54.7 Å². The molecule has 0 aliphatic rings. The zero-order valence-electron chi connectivity index (χ0n) is 13.4. The summed E-state index contributed by atoms with van der Waals surface area (Å²) >= 11 is 0. The number of nitrogens with one attached hydrogen (secondary N) is 2. The molecule has 0 fully saturated rings. The third kappa shape index (κ3) is 3.89. The molecular weight excluding hydrogens is 306 g/mol. The first-order valence-electron chi connectivity index (χ1n) is 7.29. The molecule has 7 heteroatoms. The fourth-order valence-electron chi connectivity index (χ4n) is 2.07. The lowest BCUT2D eigenvalue weighted by Gasteiger charge is -2.09. The van der Waals surface area contributed by atoms with E-state index in [1.54, 1.807) is 20.4 Å². The Hall–Kier alpha value is -3.35. The van der Waals surface area contributed by atoms with Gasteiger partial charge < -0.3 is 20.1 Å². The second-order valence-corrected chi connectivity index (χ2v) is 4.88. The number of hydrogen-bond donors (Lipinski definition) is 2. The number of rotatable bonds is 6. The largest absolute Gasteiger partial charge is 0.497 e.